The Labute approximate surface area is 117 Å². The largest absolute Gasteiger partial charge is 0.488 e. The molecule has 18 heavy (non-hydrogen) atoms. The van der Waals surface area contributed by atoms with Crippen molar-refractivity contribution >= 4 is 15.9 Å². The molecule has 1 aromatic rings. The van der Waals surface area contributed by atoms with Gasteiger partial charge in [0.25, 0.3) is 0 Å². The molecule has 1 rings (SSSR count). The van der Waals surface area contributed by atoms with E-state index in [-0.39, 0.29) is 11.9 Å². The van der Waals surface area contributed by atoms with Crippen LogP contribution in [0.2, 0.25) is 0 Å². The van der Waals surface area contributed by atoms with Crippen molar-refractivity contribution in [3.05, 3.63) is 28.5 Å². The fourth-order valence-electron chi connectivity index (χ4n) is 1.64. The van der Waals surface area contributed by atoms with Gasteiger partial charge in [-0.25, -0.2) is 4.39 Å². The summed E-state index contributed by atoms with van der Waals surface area (Å²) in [5.74, 6) is 0.432. The lowest BCUT2D eigenvalue weighted by atomic mass is 10.2. The van der Waals surface area contributed by atoms with Crippen LogP contribution in [0.4, 0.5) is 4.39 Å². The van der Waals surface area contributed by atoms with E-state index in [1.807, 2.05) is 0 Å². The maximum absolute atomic E-state index is 13.0. The van der Waals surface area contributed by atoms with Crippen molar-refractivity contribution in [2.24, 2.45) is 0 Å². The topological polar surface area (TPSA) is 21.3 Å². The minimum absolute atomic E-state index is 0.110. The van der Waals surface area contributed by atoms with Crippen LogP contribution in [0.3, 0.4) is 0 Å². The van der Waals surface area contributed by atoms with Crippen LogP contribution in [0.15, 0.2) is 22.7 Å². The fraction of sp³-hybridized carbons (Fsp3) is 0.571. The second-order valence-electron chi connectivity index (χ2n) is 4.67. The van der Waals surface area contributed by atoms with Gasteiger partial charge in [0.05, 0.1) is 4.47 Å². The predicted molar refractivity (Wildman–Crippen MR) is 76.6 cm³/mol. The molecular formula is C14H21BrFNO. The van der Waals surface area contributed by atoms with E-state index in [2.05, 4.69) is 42.0 Å². The Morgan fingerprint density at radius 2 is 2.11 bits per heavy atom. The number of halogens is 2. The first-order chi connectivity index (χ1) is 8.52. The van der Waals surface area contributed by atoms with Crippen molar-refractivity contribution < 1.29 is 9.13 Å². The first-order valence-electron chi connectivity index (χ1n) is 6.38. The number of ether oxygens (including phenoxy) is 1. The highest BCUT2D eigenvalue weighted by Crippen LogP contribution is 2.27. The second kappa shape index (κ2) is 7.74. The Morgan fingerprint density at radius 3 is 2.67 bits per heavy atom. The van der Waals surface area contributed by atoms with Crippen molar-refractivity contribution in [3.63, 3.8) is 0 Å². The molecule has 1 atom stereocenters. The van der Waals surface area contributed by atoms with Gasteiger partial charge in [-0.2, -0.15) is 0 Å². The molecule has 2 nitrogen and oxygen atoms in total. The van der Waals surface area contributed by atoms with Crippen molar-refractivity contribution in [1.82, 2.24) is 5.32 Å². The Kier molecular flexibility index (Phi) is 6.65. The lowest BCUT2D eigenvalue weighted by Gasteiger charge is -2.21. The zero-order valence-electron chi connectivity index (χ0n) is 11.2. The number of hydrogen-bond acceptors (Lipinski definition) is 2. The van der Waals surface area contributed by atoms with Gasteiger partial charge in [-0.05, 0) is 40.5 Å². The predicted octanol–water partition coefficient (Wildman–Crippen LogP) is 4.13. The van der Waals surface area contributed by atoms with Gasteiger partial charge < -0.3 is 10.1 Å². The van der Waals surface area contributed by atoms with Crippen LogP contribution in [0.25, 0.3) is 0 Å². The Balaban J connectivity index is 2.64. The van der Waals surface area contributed by atoms with E-state index in [0.29, 0.717) is 16.3 Å². The summed E-state index contributed by atoms with van der Waals surface area (Å²) < 4.78 is 19.6. The molecule has 1 N–H and O–H groups in total. The molecule has 0 radical (unpaired) electrons. The van der Waals surface area contributed by atoms with Crippen LogP contribution in [0, 0.1) is 5.82 Å². The Morgan fingerprint density at radius 1 is 1.39 bits per heavy atom. The van der Waals surface area contributed by atoms with E-state index in [4.69, 9.17) is 4.74 Å². The van der Waals surface area contributed by atoms with Crippen LogP contribution in [-0.4, -0.2) is 18.7 Å². The summed E-state index contributed by atoms with van der Waals surface area (Å²) in [5.41, 5.74) is 0. The van der Waals surface area contributed by atoms with Gasteiger partial charge in [-0.1, -0.05) is 27.2 Å². The Bertz CT molecular complexity index is 371. The number of rotatable bonds is 7. The second-order valence-corrected chi connectivity index (χ2v) is 5.52. The summed E-state index contributed by atoms with van der Waals surface area (Å²) in [4.78, 5) is 0. The van der Waals surface area contributed by atoms with Gasteiger partial charge in [0.1, 0.15) is 17.7 Å². The van der Waals surface area contributed by atoms with Crippen LogP contribution in [0.1, 0.15) is 33.6 Å². The minimum Gasteiger partial charge on any atom is -0.488 e. The van der Waals surface area contributed by atoms with Gasteiger partial charge in [0.2, 0.25) is 0 Å². The van der Waals surface area contributed by atoms with Crippen LogP contribution in [0.5, 0.6) is 5.75 Å². The smallest absolute Gasteiger partial charge is 0.134 e. The molecule has 102 valence electrons. The van der Waals surface area contributed by atoms with Crippen molar-refractivity contribution in [3.8, 4) is 5.75 Å². The van der Waals surface area contributed by atoms with Gasteiger partial charge in [0.15, 0.2) is 0 Å². The van der Waals surface area contributed by atoms with Gasteiger partial charge in [0, 0.05) is 12.6 Å². The molecule has 0 aliphatic carbocycles. The van der Waals surface area contributed by atoms with Gasteiger partial charge >= 0.3 is 0 Å². The molecular weight excluding hydrogens is 297 g/mol. The zero-order valence-corrected chi connectivity index (χ0v) is 12.8. The van der Waals surface area contributed by atoms with Gasteiger partial charge in [-0.15, -0.1) is 0 Å². The SMILES string of the molecule is CCCC(CNC(C)C)Oc1ccc(F)cc1Br. The highest BCUT2D eigenvalue weighted by Gasteiger charge is 2.12. The fourth-order valence-corrected chi connectivity index (χ4v) is 2.09. The molecule has 0 aliphatic heterocycles. The third-order valence-electron chi connectivity index (χ3n) is 2.55. The zero-order chi connectivity index (χ0) is 13.5. The maximum Gasteiger partial charge on any atom is 0.134 e. The molecule has 0 fully saturated rings. The van der Waals surface area contributed by atoms with E-state index in [1.165, 1.54) is 12.1 Å². The Hall–Kier alpha value is -0.610. The molecule has 0 heterocycles. The summed E-state index contributed by atoms with van der Waals surface area (Å²) in [6.45, 7) is 7.15. The summed E-state index contributed by atoms with van der Waals surface area (Å²) in [6.07, 6.45) is 2.14. The molecule has 0 aromatic heterocycles. The average molecular weight is 318 g/mol. The molecule has 0 spiro atoms. The molecule has 0 saturated carbocycles. The number of benzene rings is 1. The normalized spacial score (nSPS) is 12.8. The van der Waals surface area contributed by atoms with Crippen molar-refractivity contribution in [2.45, 2.75) is 45.8 Å². The third-order valence-corrected chi connectivity index (χ3v) is 3.17. The molecule has 0 bridgehead atoms. The van der Waals surface area contributed by atoms with Crippen LogP contribution >= 0.6 is 15.9 Å². The first kappa shape index (κ1) is 15.4. The van der Waals surface area contributed by atoms with Crippen molar-refractivity contribution in [1.29, 1.82) is 0 Å². The average Bonchev–Trinajstić information content (AvgIpc) is 2.29. The molecule has 0 amide bonds. The molecule has 4 heteroatoms. The molecule has 0 saturated heterocycles. The number of hydrogen-bond donors (Lipinski definition) is 1. The number of nitrogens with one attached hydrogen (secondary N) is 1. The molecule has 0 aliphatic rings. The third kappa shape index (κ3) is 5.36. The summed E-state index contributed by atoms with van der Waals surface area (Å²) in [7, 11) is 0. The summed E-state index contributed by atoms with van der Waals surface area (Å²) in [5, 5.41) is 3.37. The van der Waals surface area contributed by atoms with Crippen molar-refractivity contribution in [2.75, 3.05) is 6.54 Å². The molecule has 1 unspecified atom stereocenters. The lowest BCUT2D eigenvalue weighted by molar-refractivity contribution is 0.182. The minimum atomic E-state index is -0.262. The molecule has 1 aromatic carbocycles. The quantitative estimate of drug-likeness (QED) is 0.816. The van der Waals surface area contributed by atoms with E-state index in [9.17, 15) is 4.39 Å². The highest BCUT2D eigenvalue weighted by atomic mass is 79.9. The standard InChI is InChI=1S/C14H21BrFNO/c1-4-5-12(9-17-10(2)3)18-14-7-6-11(16)8-13(14)15/h6-8,10,12,17H,4-5,9H2,1-3H3. The summed E-state index contributed by atoms with van der Waals surface area (Å²) in [6, 6.07) is 4.94. The van der Waals surface area contributed by atoms with Gasteiger partial charge in [-0.3, -0.25) is 0 Å². The van der Waals surface area contributed by atoms with E-state index in [0.717, 1.165) is 19.4 Å². The first-order valence-corrected chi connectivity index (χ1v) is 7.17. The lowest BCUT2D eigenvalue weighted by Crippen LogP contribution is -2.35. The van der Waals surface area contributed by atoms with E-state index < -0.39 is 0 Å². The highest BCUT2D eigenvalue weighted by molar-refractivity contribution is 9.10. The monoisotopic (exact) mass is 317 g/mol. The van der Waals surface area contributed by atoms with E-state index in [1.54, 1.807) is 6.07 Å². The maximum atomic E-state index is 13.0. The van der Waals surface area contributed by atoms with Crippen LogP contribution < -0.4 is 10.1 Å². The van der Waals surface area contributed by atoms with E-state index >= 15 is 0 Å². The summed E-state index contributed by atoms with van der Waals surface area (Å²) >= 11 is 3.32. The van der Waals surface area contributed by atoms with Crippen LogP contribution in [-0.2, 0) is 0 Å².